The highest BCUT2D eigenvalue weighted by Crippen LogP contribution is 2.24. The molecule has 1 aromatic carbocycles. The van der Waals surface area contributed by atoms with Crippen LogP contribution in [0.1, 0.15) is 30.3 Å². The minimum atomic E-state index is -0.500. The van der Waals surface area contributed by atoms with Crippen LogP contribution in [0, 0.1) is 13.8 Å². The van der Waals surface area contributed by atoms with Crippen LogP contribution in [0.2, 0.25) is 0 Å². The molecule has 2 N–H and O–H groups in total. The molecule has 2 aromatic rings. The fourth-order valence-corrected chi connectivity index (χ4v) is 2.66. The van der Waals surface area contributed by atoms with E-state index in [1.165, 1.54) is 0 Å². The molecule has 21 heavy (non-hydrogen) atoms. The van der Waals surface area contributed by atoms with Crippen molar-refractivity contribution in [3.8, 4) is 0 Å². The Bertz CT molecular complexity index is 565. The Kier molecular flexibility index (Phi) is 5.15. The van der Waals surface area contributed by atoms with E-state index in [0.717, 1.165) is 29.9 Å². The number of hydrogen-bond donors (Lipinski definition) is 2. The molecule has 2 rings (SSSR count). The summed E-state index contributed by atoms with van der Waals surface area (Å²) in [4.78, 5) is 0. The highest BCUT2D eigenvalue weighted by atomic mass is 16.3. The second-order valence-corrected chi connectivity index (χ2v) is 5.62. The fourth-order valence-electron chi connectivity index (χ4n) is 2.66. The van der Waals surface area contributed by atoms with Crippen molar-refractivity contribution in [1.29, 1.82) is 0 Å². The Hall–Kier alpha value is -1.65. The van der Waals surface area contributed by atoms with E-state index in [0.29, 0.717) is 6.54 Å². The molecule has 4 nitrogen and oxygen atoms in total. The zero-order valence-electron chi connectivity index (χ0n) is 13.1. The monoisotopic (exact) mass is 287 g/mol. The van der Waals surface area contributed by atoms with Crippen molar-refractivity contribution < 1.29 is 5.11 Å². The lowest BCUT2D eigenvalue weighted by molar-refractivity contribution is 0.137. The maximum absolute atomic E-state index is 10.1. The first kappa shape index (κ1) is 15.7. The first-order chi connectivity index (χ1) is 10.1. The Morgan fingerprint density at radius 2 is 1.95 bits per heavy atom. The van der Waals surface area contributed by atoms with Crippen molar-refractivity contribution in [3.05, 3.63) is 53.3 Å². The van der Waals surface area contributed by atoms with Gasteiger partial charge in [0.05, 0.1) is 24.4 Å². The molecule has 0 amide bonds. The average molecular weight is 287 g/mol. The average Bonchev–Trinajstić information content (AvgIpc) is 2.82. The third-order valence-electron chi connectivity index (χ3n) is 3.83. The largest absolute Gasteiger partial charge is 0.394 e. The van der Waals surface area contributed by atoms with Crippen molar-refractivity contribution in [2.45, 2.75) is 39.3 Å². The van der Waals surface area contributed by atoms with Gasteiger partial charge in [-0.1, -0.05) is 37.3 Å². The van der Waals surface area contributed by atoms with Crippen LogP contribution in [-0.4, -0.2) is 28.0 Å². The van der Waals surface area contributed by atoms with Crippen molar-refractivity contribution in [2.75, 3.05) is 13.2 Å². The predicted molar refractivity (Wildman–Crippen MR) is 85.2 cm³/mol. The number of nitrogens with one attached hydrogen (secondary N) is 1. The lowest BCUT2D eigenvalue weighted by Gasteiger charge is -2.34. The predicted octanol–water partition coefficient (Wildman–Crippen LogP) is 2.39. The van der Waals surface area contributed by atoms with E-state index >= 15 is 0 Å². The molecule has 0 saturated carbocycles. The highest BCUT2D eigenvalue weighted by Gasteiger charge is 2.32. The quantitative estimate of drug-likeness (QED) is 0.822. The number of nitrogens with zero attached hydrogens (tertiary/aromatic N) is 2. The van der Waals surface area contributed by atoms with Gasteiger partial charge in [-0.3, -0.25) is 4.68 Å². The van der Waals surface area contributed by atoms with Crippen LogP contribution in [0.5, 0.6) is 0 Å². The second-order valence-electron chi connectivity index (χ2n) is 5.62. The first-order valence-electron chi connectivity index (χ1n) is 7.54. The van der Waals surface area contributed by atoms with Crippen LogP contribution in [-0.2, 0) is 12.1 Å². The smallest absolute Gasteiger partial charge is 0.0867 e. The third kappa shape index (κ3) is 3.52. The van der Waals surface area contributed by atoms with Gasteiger partial charge in [-0.05, 0) is 38.4 Å². The third-order valence-corrected chi connectivity index (χ3v) is 3.83. The molecule has 1 heterocycles. The van der Waals surface area contributed by atoms with Crippen LogP contribution in [0.25, 0.3) is 0 Å². The Morgan fingerprint density at radius 1 is 1.24 bits per heavy atom. The number of benzene rings is 1. The first-order valence-corrected chi connectivity index (χ1v) is 7.54. The molecule has 1 aromatic heterocycles. The molecule has 114 valence electrons. The minimum Gasteiger partial charge on any atom is -0.394 e. The Balaban J connectivity index is 2.37. The van der Waals surface area contributed by atoms with Gasteiger partial charge >= 0.3 is 0 Å². The van der Waals surface area contributed by atoms with Gasteiger partial charge in [0.1, 0.15) is 0 Å². The summed E-state index contributed by atoms with van der Waals surface area (Å²) in [6.07, 6.45) is 1.02. The molecule has 0 bridgehead atoms. The van der Waals surface area contributed by atoms with Gasteiger partial charge in [-0.25, -0.2) is 0 Å². The van der Waals surface area contributed by atoms with E-state index in [1.54, 1.807) is 0 Å². The molecule has 4 heteroatoms. The van der Waals surface area contributed by atoms with Gasteiger partial charge < -0.3 is 10.4 Å². The van der Waals surface area contributed by atoms with Crippen LogP contribution < -0.4 is 5.32 Å². The maximum atomic E-state index is 10.1. The standard InChI is InChI=1S/C17H25N3O/c1-4-10-18-17(13-21,16-8-6-5-7-9-16)12-20-15(3)11-14(2)19-20/h5-9,11,18,21H,4,10,12-13H2,1-3H3. The number of aromatic nitrogens is 2. The van der Waals surface area contributed by atoms with E-state index in [2.05, 4.69) is 35.5 Å². The number of aliphatic hydroxyl groups is 1. The summed E-state index contributed by atoms with van der Waals surface area (Å²) in [5, 5.41) is 18.2. The van der Waals surface area contributed by atoms with E-state index in [1.807, 2.05) is 36.7 Å². The van der Waals surface area contributed by atoms with Crippen LogP contribution in [0.3, 0.4) is 0 Å². The molecule has 0 spiro atoms. The molecular formula is C17H25N3O. The summed E-state index contributed by atoms with van der Waals surface area (Å²) >= 11 is 0. The van der Waals surface area contributed by atoms with Gasteiger partial charge in [-0.15, -0.1) is 0 Å². The van der Waals surface area contributed by atoms with Crippen molar-refractivity contribution in [3.63, 3.8) is 0 Å². The lowest BCUT2D eigenvalue weighted by Crippen LogP contribution is -2.49. The fraction of sp³-hybridized carbons (Fsp3) is 0.471. The topological polar surface area (TPSA) is 50.1 Å². The SMILES string of the molecule is CCCNC(CO)(Cn1nc(C)cc1C)c1ccccc1. The summed E-state index contributed by atoms with van der Waals surface area (Å²) in [7, 11) is 0. The summed E-state index contributed by atoms with van der Waals surface area (Å²) in [5.41, 5.74) is 2.71. The van der Waals surface area contributed by atoms with Crippen LogP contribution >= 0.6 is 0 Å². The van der Waals surface area contributed by atoms with Crippen molar-refractivity contribution >= 4 is 0 Å². The summed E-state index contributed by atoms with van der Waals surface area (Å²) < 4.78 is 1.97. The van der Waals surface area contributed by atoms with Gasteiger partial charge in [0.2, 0.25) is 0 Å². The van der Waals surface area contributed by atoms with Crippen LogP contribution in [0.4, 0.5) is 0 Å². The number of rotatable bonds is 7. The molecule has 0 saturated heterocycles. The van der Waals surface area contributed by atoms with Gasteiger partial charge in [-0.2, -0.15) is 5.10 Å². The number of hydrogen-bond acceptors (Lipinski definition) is 3. The van der Waals surface area contributed by atoms with E-state index in [-0.39, 0.29) is 6.61 Å². The van der Waals surface area contributed by atoms with Crippen LogP contribution in [0.15, 0.2) is 36.4 Å². The molecule has 1 unspecified atom stereocenters. The Labute approximate surface area is 126 Å². The van der Waals surface area contributed by atoms with Gasteiger partial charge in [0, 0.05) is 5.69 Å². The molecule has 1 atom stereocenters. The minimum absolute atomic E-state index is 0.0371. The van der Waals surface area contributed by atoms with Crippen molar-refractivity contribution in [1.82, 2.24) is 15.1 Å². The number of aliphatic hydroxyl groups excluding tert-OH is 1. The molecular weight excluding hydrogens is 262 g/mol. The zero-order valence-corrected chi connectivity index (χ0v) is 13.1. The summed E-state index contributed by atoms with van der Waals surface area (Å²) in [6.45, 7) is 7.68. The summed E-state index contributed by atoms with van der Waals surface area (Å²) in [5.74, 6) is 0. The molecule has 0 fully saturated rings. The van der Waals surface area contributed by atoms with Crippen molar-refractivity contribution in [2.24, 2.45) is 0 Å². The number of aryl methyl sites for hydroxylation is 2. The summed E-state index contributed by atoms with van der Waals surface area (Å²) in [6, 6.07) is 12.2. The highest BCUT2D eigenvalue weighted by molar-refractivity contribution is 5.25. The Morgan fingerprint density at radius 3 is 2.48 bits per heavy atom. The van der Waals surface area contributed by atoms with E-state index < -0.39 is 5.54 Å². The second kappa shape index (κ2) is 6.87. The van der Waals surface area contributed by atoms with E-state index in [9.17, 15) is 5.11 Å². The molecule has 0 aliphatic rings. The molecule has 0 radical (unpaired) electrons. The molecule has 0 aliphatic carbocycles. The molecule has 0 aliphatic heterocycles. The van der Waals surface area contributed by atoms with Gasteiger partial charge in [0.25, 0.3) is 0 Å². The maximum Gasteiger partial charge on any atom is 0.0867 e. The lowest BCUT2D eigenvalue weighted by atomic mass is 9.90. The normalized spacial score (nSPS) is 14.1. The van der Waals surface area contributed by atoms with Gasteiger partial charge in [0.15, 0.2) is 0 Å². The zero-order chi connectivity index (χ0) is 15.3. The van der Waals surface area contributed by atoms with E-state index in [4.69, 9.17) is 0 Å².